The highest BCUT2D eigenvalue weighted by Gasteiger charge is 2.32. The van der Waals surface area contributed by atoms with Gasteiger partial charge in [0.05, 0.1) is 11.6 Å². The molecule has 1 saturated heterocycles. The van der Waals surface area contributed by atoms with Crippen molar-refractivity contribution >= 4 is 33.4 Å². The Balaban J connectivity index is 2.30. The van der Waals surface area contributed by atoms with Crippen molar-refractivity contribution in [1.29, 1.82) is 0 Å². The first-order chi connectivity index (χ1) is 7.48. The molecule has 0 aliphatic carbocycles. The Kier molecular flexibility index (Phi) is 3.49. The fourth-order valence-electron chi connectivity index (χ4n) is 1.68. The second-order valence-corrected chi connectivity index (χ2v) is 7.21. The molecule has 6 heteroatoms. The van der Waals surface area contributed by atoms with Crippen LogP contribution in [0.15, 0.2) is 24.3 Å². The lowest BCUT2D eigenvalue weighted by Gasteiger charge is -2.21. The van der Waals surface area contributed by atoms with Crippen molar-refractivity contribution < 1.29 is 8.42 Å². The summed E-state index contributed by atoms with van der Waals surface area (Å²) in [7, 11) is -3.13. The normalized spacial score (nSPS) is 22.5. The molecular weight excluding hydrogens is 266 g/mol. The largest absolute Gasteiger partial charge is 0.212 e. The van der Waals surface area contributed by atoms with E-state index in [1.165, 1.54) is 10.6 Å². The number of benzene rings is 1. The standard InChI is InChI=1S/C10H12ClNO2S2/c1-16(13,14)12-6-7-15-10(12)8-2-4-9(11)5-3-8/h2-5,10H,6-7H2,1H3. The van der Waals surface area contributed by atoms with Gasteiger partial charge in [0.15, 0.2) is 0 Å². The molecule has 1 atom stereocenters. The number of nitrogens with zero attached hydrogens (tertiary/aromatic N) is 1. The molecule has 1 aromatic rings. The summed E-state index contributed by atoms with van der Waals surface area (Å²) in [5, 5.41) is 0.560. The summed E-state index contributed by atoms with van der Waals surface area (Å²) in [5.74, 6) is 0.834. The third-order valence-electron chi connectivity index (χ3n) is 2.43. The quantitative estimate of drug-likeness (QED) is 0.833. The van der Waals surface area contributed by atoms with Crippen LogP contribution >= 0.6 is 23.4 Å². The van der Waals surface area contributed by atoms with Gasteiger partial charge in [-0.2, -0.15) is 4.31 Å². The molecule has 2 rings (SSSR count). The molecule has 0 radical (unpaired) electrons. The van der Waals surface area contributed by atoms with E-state index in [2.05, 4.69) is 0 Å². The third-order valence-corrected chi connectivity index (χ3v) is 5.32. The maximum atomic E-state index is 11.6. The molecular formula is C10H12ClNO2S2. The topological polar surface area (TPSA) is 37.4 Å². The summed E-state index contributed by atoms with van der Waals surface area (Å²) in [6.07, 6.45) is 1.25. The Bertz CT molecular complexity index is 472. The minimum absolute atomic E-state index is 0.104. The van der Waals surface area contributed by atoms with Crippen molar-refractivity contribution in [2.24, 2.45) is 0 Å². The number of rotatable bonds is 2. The Morgan fingerprint density at radius 3 is 2.56 bits per heavy atom. The zero-order chi connectivity index (χ0) is 11.8. The second kappa shape index (κ2) is 4.56. The van der Waals surface area contributed by atoms with E-state index in [4.69, 9.17) is 11.6 Å². The highest BCUT2D eigenvalue weighted by molar-refractivity contribution is 8.00. The first-order valence-corrected chi connectivity index (χ1v) is 8.10. The van der Waals surface area contributed by atoms with Gasteiger partial charge in [-0.25, -0.2) is 8.42 Å². The van der Waals surface area contributed by atoms with E-state index in [0.717, 1.165) is 11.3 Å². The molecule has 0 aromatic heterocycles. The van der Waals surface area contributed by atoms with E-state index in [1.807, 2.05) is 12.1 Å². The van der Waals surface area contributed by atoms with Crippen molar-refractivity contribution in [2.75, 3.05) is 18.6 Å². The van der Waals surface area contributed by atoms with E-state index in [1.54, 1.807) is 23.9 Å². The smallest absolute Gasteiger partial charge is 0.212 e. The lowest BCUT2D eigenvalue weighted by molar-refractivity contribution is 0.439. The minimum Gasteiger partial charge on any atom is -0.212 e. The Labute approximate surface area is 105 Å². The Morgan fingerprint density at radius 2 is 2.00 bits per heavy atom. The molecule has 0 spiro atoms. The second-order valence-electron chi connectivity index (χ2n) is 3.65. The average Bonchev–Trinajstić information content (AvgIpc) is 2.66. The molecule has 88 valence electrons. The van der Waals surface area contributed by atoms with E-state index < -0.39 is 10.0 Å². The zero-order valence-corrected chi connectivity index (χ0v) is 11.1. The van der Waals surface area contributed by atoms with E-state index in [0.29, 0.717) is 11.6 Å². The van der Waals surface area contributed by atoms with Crippen molar-refractivity contribution in [3.63, 3.8) is 0 Å². The van der Waals surface area contributed by atoms with Crippen LogP contribution in [0.25, 0.3) is 0 Å². The monoisotopic (exact) mass is 277 g/mol. The van der Waals surface area contributed by atoms with E-state index >= 15 is 0 Å². The van der Waals surface area contributed by atoms with Gasteiger partial charge < -0.3 is 0 Å². The lowest BCUT2D eigenvalue weighted by atomic mass is 10.2. The predicted molar refractivity (Wildman–Crippen MR) is 68.2 cm³/mol. The van der Waals surface area contributed by atoms with Gasteiger partial charge in [-0.3, -0.25) is 0 Å². The number of halogens is 1. The average molecular weight is 278 g/mol. The van der Waals surface area contributed by atoms with Crippen LogP contribution in [0.1, 0.15) is 10.9 Å². The summed E-state index contributed by atoms with van der Waals surface area (Å²) in [6, 6.07) is 7.33. The van der Waals surface area contributed by atoms with Crippen molar-refractivity contribution in [3.05, 3.63) is 34.9 Å². The fraction of sp³-hybridized carbons (Fsp3) is 0.400. The molecule has 3 nitrogen and oxygen atoms in total. The third kappa shape index (κ3) is 2.53. The molecule has 1 unspecified atom stereocenters. The molecule has 16 heavy (non-hydrogen) atoms. The molecule has 1 aliphatic heterocycles. The Morgan fingerprint density at radius 1 is 1.38 bits per heavy atom. The molecule has 0 amide bonds. The summed E-state index contributed by atoms with van der Waals surface area (Å²) in [5.41, 5.74) is 0.984. The highest BCUT2D eigenvalue weighted by Crippen LogP contribution is 2.39. The summed E-state index contributed by atoms with van der Waals surface area (Å²) in [6.45, 7) is 0.580. The lowest BCUT2D eigenvalue weighted by Crippen LogP contribution is -2.29. The number of hydrogen-bond acceptors (Lipinski definition) is 3. The van der Waals surface area contributed by atoms with Gasteiger partial charge in [0.1, 0.15) is 0 Å². The first-order valence-electron chi connectivity index (χ1n) is 4.82. The Hall–Kier alpha value is -0.230. The van der Waals surface area contributed by atoms with Crippen molar-refractivity contribution in [1.82, 2.24) is 4.31 Å². The molecule has 1 aromatic carbocycles. The molecule has 0 bridgehead atoms. The van der Waals surface area contributed by atoms with Crippen LogP contribution in [0.3, 0.4) is 0 Å². The maximum absolute atomic E-state index is 11.6. The summed E-state index contributed by atoms with van der Waals surface area (Å²) in [4.78, 5) is 0. The van der Waals surface area contributed by atoms with Crippen molar-refractivity contribution in [2.45, 2.75) is 5.37 Å². The minimum atomic E-state index is -3.13. The fourth-order valence-corrected chi connectivity index (χ4v) is 4.62. The van der Waals surface area contributed by atoms with Gasteiger partial charge in [-0.1, -0.05) is 23.7 Å². The van der Waals surface area contributed by atoms with Crippen molar-refractivity contribution in [3.8, 4) is 0 Å². The van der Waals surface area contributed by atoms with Crippen LogP contribution < -0.4 is 0 Å². The van der Waals surface area contributed by atoms with Gasteiger partial charge in [0.2, 0.25) is 10.0 Å². The maximum Gasteiger partial charge on any atom is 0.212 e. The molecule has 1 aliphatic rings. The van der Waals surface area contributed by atoms with Crippen LogP contribution in [0.2, 0.25) is 5.02 Å². The first kappa shape index (κ1) is 12.2. The van der Waals surface area contributed by atoms with Gasteiger partial charge >= 0.3 is 0 Å². The molecule has 0 N–H and O–H groups in total. The number of hydrogen-bond donors (Lipinski definition) is 0. The van der Waals surface area contributed by atoms with Gasteiger partial charge in [-0.05, 0) is 17.7 Å². The van der Waals surface area contributed by atoms with E-state index in [-0.39, 0.29) is 5.37 Å². The molecule has 0 saturated carbocycles. The van der Waals surface area contributed by atoms with Crippen LogP contribution in [-0.4, -0.2) is 31.3 Å². The van der Waals surface area contributed by atoms with Gasteiger partial charge in [0.25, 0.3) is 0 Å². The van der Waals surface area contributed by atoms with Gasteiger partial charge in [-0.15, -0.1) is 11.8 Å². The molecule has 1 fully saturated rings. The summed E-state index contributed by atoms with van der Waals surface area (Å²) < 4.78 is 24.7. The van der Waals surface area contributed by atoms with E-state index in [9.17, 15) is 8.42 Å². The highest BCUT2D eigenvalue weighted by atomic mass is 35.5. The van der Waals surface area contributed by atoms with Crippen LogP contribution in [0, 0.1) is 0 Å². The summed E-state index contributed by atoms with van der Waals surface area (Å²) >= 11 is 7.45. The van der Waals surface area contributed by atoms with Gasteiger partial charge in [0, 0.05) is 17.3 Å². The number of sulfonamides is 1. The van der Waals surface area contributed by atoms with Crippen LogP contribution in [-0.2, 0) is 10.0 Å². The SMILES string of the molecule is CS(=O)(=O)N1CCSC1c1ccc(Cl)cc1. The number of thioether (sulfide) groups is 1. The van der Waals surface area contributed by atoms with Crippen LogP contribution in [0.5, 0.6) is 0 Å². The molecule has 1 heterocycles. The zero-order valence-electron chi connectivity index (χ0n) is 8.76. The van der Waals surface area contributed by atoms with Crippen LogP contribution in [0.4, 0.5) is 0 Å². The predicted octanol–water partition coefficient (Wildman–Crippen LogP) is 2.35.